The van der Waals surface area contributed by atoms with E-state index in [1.807, 2.05) is 25.2 Å². The van der Waals surface area contributed by atoms with E-state index in [2.05, 4.69) is 15.6 Å². The van der Waals surface area contributed by atoms with Crippen LogP contribution >= 0.6 is 0 Å². The number of guanidine groups is 1. The predicted octanol–water partition coefficient (Wildman–Crippen LogP) is 2.31. The Labute approximate surface area is 126 Å². The first-order valence-corrected chi connectivity index (χ1v) is 7.48. The van der Waals surface area contributed by atoms with Gasteiger partial charge in [0.15, 0.2) is 17.5 Å². The molecule has 1 aliphatic carbocycles. The van der Waals surface area contributed by atoms with Gasteiger partial charge in [-0.05, 0) is 43.4 Å². The number of benzene rings is 1. The summed E-state index contributed by atoms with van der Waals surface area (Å²) in [7, 11) is 5.27. The minimum atomic E-state index is 0.326. The lowest BCUT2D eigenvalue weighted by molar-refractivity contribution is 0.200. The number of nitrogens with zero attached hydrogens (tertiary/aromatic N) is 1. The third kappa shape index (κ3) is 4.28. The summed E-state index contributed by atoms with van der Waals surface area (Å²) in [4.78, 5) is 4.10. The number of methoxy groups -OCH3 is 1. The number of aliphatic imine (C=N–C) groups is 1. The van der Waals surface area contributed by atoms with Crippen LogP contribution in [0, 0.1) is 0 Å². The molecule has 1 fully saturated rings. The van der Waals surface area contributed by atoms with Crippen molar-refractivity contribution in [2.24, 2.45) is 4.99 Å². The van der Waals surface area contributed by atoms with Crippen LogP contribution in [-0.4, -0.2) is 33.3 Å². The summed E-state index contributed by atoms with van der Waals surface area (Å²) >= 11 is 0. The van der Waals surface area contributed by atoms with Crippen LogP contribution in [0.3, 0.4) is 0 Å². The monoisotopic (exact) mass is 291 g/mol. The highest BCUT2D eigenvalue weighted by atomic mass is 16.5. The van der Waals surface area contributed by atoms with Crippen LogP contribution in [0.2, 0.25) is 0 Å². The number of hydrogen-bond donors (Lipinski definition) is 2. The summed E-state index contributed by atoms with van der Waals surface area (Å²) in [5.41, 5.74) is 1.14. The molecule has 116 valence electrons. The lowest BCUT2D eigenvalue weighted by Crippen LogP contribution is -2.34. The Bertz CT molecular complexity index is 482. The van der Waals surface area contributed by atoms with E-state index in [9.17, 15) is 0 Å². The molecule has 0 amide bonds. The van der Waals surface area contributed by atoms with Crippen LogP contribution in [0.25, 0.3) is 0 Å². The molecule has 21 heavy (non-hydrogen) atoms. The Morgan fingerprint density at radius 2 is 2.05 bits per heavy atom. The van der Waals surface area contributed by atoms with Gasteiger partial charge in [-0.1, -0.05) is 6.07 Å². The van der Waals surface area contributed by atoms with Crippen LogP contribution < -0.4 is 20.1 Å². The molecular formula is C16H25N3O2. The topological polar surface area (TPSA) is 54.9 Å². The van der Waals surface area contributed by atoms with Crippen LogP contribution in [0.15, 0.2) is 23.2 Å². The quantitative estimate of drug-likeness (QED) is 0.646. The van der Waals surface area contributed by atoms with E-state index in [4.69, 9.17) is 9.47 Å². The van der Waals surface area contributed by atoms with E-state index in [1.165, 1.54) is 12.8 Å². The van der Waals surface area contributed by atoms with Crippen molar-refractivity contribution in [3.05, 3.63) is 23.8 Å². The average Bonchev–Trinajstić information content (AvgIpc) is 3.01. The Morgan fingerprint density at radius 3 is 2.67 bits per heavy atom. The molecule has 0 aliphatic heterocycles. The van der Waals surface area contributed by atoms with Gasteiger partial charge >= 0.3 is 0 Å². The van der Waals surface area contributed by atoms with Crippen molar-refractivity contribution < 1.29 is 9.47 Å². The van der Waals surface area contributed by atoms with Crippen molar-refractivity contribution in [3.8, 4) is 11.5 Å². The number of hydrogen-bond acceptors (Lipinski definition) is 3. The molecular weight excluding hydrogens is 266 g/mol. The molecule has 1 saturated carbocycles. The van der Waals surface area contributed by atoms with E-state index in [0.717, 1.165) is 35.9 Å². The first-order valence-electron chi connectivity index (χ1n) is 7.48. The maximum absolute atomic E-state index is 6.10. The van der Waals surface area contributed by atoms with Gasteiger partial charge in [-0.25, -0.2) is 0 Å². The summed E-state index contributed by atoms with van der Waals surface area (Å²) < 4.78 is 11.5. The van der Waals surface area contributed by atoms with E-state index in [-0.39, 0.29) is 0 Å². The molecule has 5 nitrogen and oxygen atoms in total. The fourth-order valence-corrected chi connectivity index (χ4v) is 2.57. The molecule has 0 unspecified atom stereocenters. The van der Waals surface area contributed by atoms with Gasteiger partial charge in [0, 0.05) is 20.6 Å². The van der Waals surface area contributed by atoms with Crippen molar-refractivity contribution in [3.63, 3.8) is 0 Å². The summed E-state index contributed by atoms with van der Waals surface area (Å²) in [5, 5.41) is 6.24. The van der Waals surface area contributed by atoms with Crippen LogP contribution in [-0.2, 0) is 6.54 Å². The van der Waals surface area contributed by atoms with E-state index in [1.54, 1.807) is 14.2 Å². The lowest BCUT2D eigenvalue weighted by atomic mass is 10.2. The molecule has 0 atom stereocenters. The largest absolute Gasteiger partial charge is 0.493 e. The van der Waals surface area contributed by atoms with E-state index in [0.29, 0.717) is 12.6 Å². The molecule has 1 aromatic rings. The van der Waals surface area contributed by atoms with Crippen molar-refractivity contribution in [1.29, 1.82) is 0 Å². The first-order chi connectivity index (χ1) is 10.3. The van der Waals surface area contributed by atoms with Crippen molar-refractivity contribution in [2.75, 3.05) is 21.2 Å². The number of ether oxygens (including phenoxy) is 2. The molecule has 0 radical (unpaired) electrons. The van der Waals surface area contributed by atoms with Gasteiger partial charge < -0.3 is 20.1 Å². The van der Waals surface area contributed by atoms with Crippen LogP contribution in [0.5, 0.6) is 11.5 Å². The van der Waals surface area contributed by atoms with E-state index < -0.39 is 0 Å². The zero-order valence-corrected chi connectivity index (χ0v) is 13.1. The second kappa shape index (κ2) is 7.76. The van der Waals surface area contributed by atoms with Crippen molar-refractivity contribution in [1.82, 2.24) is 10.6 Å². The smallest absolute Gasteiger partial charge is 0.190 e. The Hall–Kier alpha value is -1.91. The van der Waals surface area contributed by atoms with E-state index >= 15 is 0 Å². The Morgan fingerprint density at radius 1 is 1.29 bits per heavy atom. The molecule has 0 bridgehead atoms. The van der Waals surface area contributed by atoms with Gasteiger partial charge in [0.2, 0.25) is 0 Å². The van der Waals surface area contributed by atoms with Gasteiger partial charge in [-0.2, -0.15) is 0 Å². The van der Waals surface area contributed by atoms with Gasteiger partial charge in [0.1, 0.15) is 0 Å². The second-order valence-electron chi connectivity index (χ2n) is 5.19. The summed E-state index contributed by atoms with van der Waals surface area (Å²) in [6.45, 7) is 0.693. The third-order valence-corrected chi connectivity index (χ3v) is 3.74. The normalized spacial score (nSPS) is 15.9. The maximum Gasteiger partial charge on any atom is 0.190 e. The van der Waals surface area contributed by atoms with Crippen LogP contribution in [0.4, 0.5) is 0 Å². The van der Waals surface area contributed by atoms with Crippen LogP contribution in [0.1, 0.15) is 31.2 Å². The first kappa shape index (κ1) is 15.5. The van der Waals surface area contributed by atoms with Crippen molar-refractivity contribution >= 4 is 5.96 Å². The summed E-state index contributed by atoms with van der Waals surface area (Å²) in [5.74, 6) is 2.40. The third-order valence-electron chi connectivity index (χ3n) is 3.74. The zero-order chi connectivity index (χ0) is 15.1. The standard InChI is InChI=1S/C16H25N3O2/c1-17-16(18-2)19-11-12-8-9-14(20-3)15(10-12)21-13-6-4-5-7-13/h8-10,13H,4-7,11H2,1-3H3,(H2,17,18,19). The maximum atomic E-state index is 6.10. The molecule has 2 N–H and O–H groups in total. The highest BCUT2D eigenvalue weighted by Gasteiger charge is 2.18. The molecule has 0 heterocycles. The predicted molar refractivity (Wildman–Crippen MR) is 85.1 cm³/mol. The molecule has 5 heteroatoms. The zero-order valence-electron chi connectivity index (χ0n) is 13.1. The fourth-order valence-electron chi connectivity index (χ4n) is 2.57. The lowest BCUT2D eigenvalue weighted by Gasteiger charge is -2.17. The Kier molecular flexibility index (Phi) is 5.72. The summed E-state index contributed by atoms with van der Waals surface area (Å²) in [6.07, 6.45) is 5.11. The fraction of sp³-hybridized carbons (Fsp3) is 0.562. The molecule has 0 saturated heterocycles. The molecule has 1 aliphatic rings. The molecule has 0 spiro atoms. The Balaban J connectivity index is 2.05. The second-order valence-corrected chi connectivity index (χ2v) is 5.19. The minimum Gasteiger partial charge on any atom is -0.493 e. The summed E-state index contributed by atoms with van der Waals surface area (Å²) in [6, 6.07) is 6.05. The van der Waals surface area contributed by atoms with Gasteiger partial charge in [0.05, 0.1) is 13.2 Å². The SMILES string of the molecule is CN=C(NC)NCc1ccc(OC)c(OC2CCCC2)c1. The molecule has 0 aromatic heterocycles. The van der Waals surface area contributed by atoms with Gasteiger partial charge in [-0.3, -0.25) is 4.99 Å². The number of rotatable bonds is 5. The average molecular weight is 291 g/mol. The number of nitrogens with one attached hydrogen (secondary N) is 2. The van der Waals surface area contributed by atoms with Gasteiger partial charge in [0.25, 0.3) is 0 Å². The highest BCUT2D eigenvalue weighted by molar-refractivity contribution is 5.79. The molecule has 2 rings (SSSR count). The van der Waals surface area contributed by atoms with Gasteiger partial charge in [-0.15, -0.1) is 0 Å². The van der Waals surface area contributed by atoms with Crippen molar-refractivity contribution in [2.45, 2.75) is 38.3 Å². The molecule has 1 aromatic carbocycles. The minimum absolute atomic E-state index is 0.326. The highest BCUT2D eigenvalue weighted by Crippen LogP contribution is 2.32.